The molecular formula is C15H17BrN6O2S. The molecular weight excluding hydrogens is 408 g/mol. The SMILES string of the molecule is NC(=O)CCn1c(SCC(=O)Nc2ccc(Br)cn2)nnc1C1CC1. The van der Waals surface area contributed by atoms with Crippen molar-refractivity contribution in [1.82, 2.24) is 19.7 Å². The summed E-state index contributed by atoms with van der Waals surface area (Å²) in [5.74, 6) is 1.39. The van der Waals surface area contributed by atoms with Crippen LogP contribution in [0.2, 0.25) is 0 Å². The molecule has 25 heavy (non-hydrogen) atoms. The smallest absolute Gasteiger partial charge is 0.236 e. The number of rotatable bonds is 8. The Hall–Kier alpha value is -1.94. The van der Waals surface area contributed by atoms with Crippen molar-refractivity contribution < 1.29 is 9.59 Å². The summed E-state index contributed by atoms with van der Waals surface area (Å²) >= 11 is 4.58. The van der Waals surface area contributed by atoms with E-state index in [0.29, 0.717) is 23.4 Å². The molecule has 1 aliphatic carbocycles. The van der Waals surface area contributed by atoms with Gasteiger partial charge in [0, 0.05) is 29.6 Å². The molecule has 1 fully saturated rings. The number of nitrogens with zero attached hydrogens (tertiary/aromatic N) is 4. The third-order valence-corrected chi connectivity index (χ3v) is 5.03. The summed E-state index contributed by atoms with van der Waals surface area (Å²) in [4.78, 5) is 27.3. The fraction of sp³-hybridized carbons (Fsp3) is 0.400. The van der Waals surface area contributed by atoms with Gasteiger partial charge in [-0.3, -0.25) is 9.59 Å². The van der Waals surface area contributed by atoms with Gasteiger partial charge in [0.2, 0.25) is 11.8 Å². The fourth-order valence-electron chi connectivity index (χ4n) is 2.24. The van der Waals surface area contributed by atoms with Crippen LogP contribution in [0.3, 0.4) is 0 Å². The number of aromatic nitrogens is 4. The van der Waals surface area contributed by atoms with E-state index in [9.17, 15) is 9.59 Å². The minimum atomic E-state index is -0.370. The second kappa shape index (κ2) is 7.96. The summed E-state index contributed by atoms with van der Waals surface area (Å²) in [7, 11) is 0. The van der Waals surface area contributed by atoms with Crippen LogP contribution in [0, 0.1) is 0 Å². The zero-order valence-corrected chi connectivity index (χ0v) is 15.7. The molecule has 2 heterocycles. The molecule has 8 nitrogen and oxygen atoms in total. The lowest BCUT2D eigenvalue weighted by Crippen LogP contribution is -2.17. The lowest BCUT2D eigenvalue weighted by atomic mass is 10.3. The van der Waals surface area contributed by atoms with Gasteiger partial charge >= 0.3 is 0 Å². The number of primary amides is 1. The molecule has 0 spiro atoms. The van der Waals surface area contributed by atoms with Gasteiger partial charge in [-0.1, -0.05) is 11.8 Å². The lowest BCUT2D eigenvalue weighted by molar-refractivity contribution is -0.118. The standard InChI is InChI=1S/C15H17BrN6O2S/c16-10-3-4-12(18-7-10)19-13(24)8-25-15-21-20-14(9-1-2-9)22(15)6-5-11(17)23/h3-4,7,9H,1-2,5-6,8H2,(H2,17,23)(H,18,19,24). The van der Waals surface area contributed by atoms with E-state index in [0.717, 1.165) is 23.1 Å². The minimum Gasteiger partial charge on any atom is -0.370 e. The number of amides is 2. The second-order valence-corrected chi connectivity index (χ2v) is 7.54. The molecule has 2 aromatic heterocycles. The van der Waals surface area contributed by atoms with Crippen LogP contribution in [0.25, 0.3) is 0 Å². The normalized spacial score (nSPS) is 13.6. The first kappa shape index (κ1) is 17.9. The summed E-state index contributed by atoms with van der Waals surface area (Å²) in [5, 5.41) is 11.7. The maximum atomic E-state index is 12.1. The van der Waals surface area contributed by atoms with E-state index in [4.69, 9.17) is 5.73 Å². The number of halogens is 1. The average molecular weight is 425 g/mol. The van der Waals surface area contributed by atoms with E-state index in [1.807, 2.05) is 4.57 Å². The Morgan fingerprint density at radius 3 is 2.80 bits per heavy atom. The average Bonchev–Trinajstić information content (AvgIpc) is 3.34. The molecule has 0 saturated heterocycles. The summed E-state index contributed by atoms with van der Waals surface area (Å²) in [6.45, 7) is 0.437. The highest BCUT2D eigenvalue weighted by atomic mass is 79.9. The van der Waals surface area contributed by atoms with Gasteiger partial charge in [0.25, 0.3) is 0 Å². The highest BCUT2D eigenvalue weighted by molar-refractivity contribution is 9.10. The molecule has 0 aromatic carbocycles. The number of thioether (sulfide) groups is 1. The van der Waals surface area contributed by atoms with Gasteiger partial charge < -0.3 is 15.6 Å². The van der Waals surface area contributed by atoms with Crippen LogP contribution in [0.4, 0.5) is 5.82 Å². The van der Waals surface area contributed by atoms with Crippen LogP contribution in [-0.2, 0) is 16.1 Å². The zero-order valence-electron chi connectivity index (χ0n) is 13.3. The van der Waals surface area contributed by atoms with Crippen LogP contribution >= 0.6 is 27.7 Å². The Balaban J connectivity index is 1.60. The first-order valence-electron chi connectivity index (χ1n) is 7.78. The van der Waals surface area contributed by atoms with Crippen LogP contribution in [0.1, 0.15) is 31.0 Å². The van der Waals surface area contributed by atoms with Gasteiger partial charge in [0.05, 0.1) is 5.75 Å². The van der Waals surface area contributed by atoms with Gasteiger partial charge in [-0.2, -0.15) is 0 Å². The van der Waals surface area contributed by atoms with Gasteiger partial charge in [-0.25, -0.2) is 4.98 Å². The van der Waals surface area contributed by atoms with Crippen molar-refractivity contribution in [1.29, 1.82) is 0 Å². The number of hydrogen-bond donors (Lipinski definition) is 2. The highest BCUT2D eigenvalue weighted by Crippen LogP contribution is 2.40. The Morgan fingerprint density at radius 2 is 2.16 bits per heavy atom. The largest absolute Gasteiger partial charge is 0.370 e. The molecule has 3 rings (SSSR count). The van der Waals surface area contributed by atoms with Crippen molar-refractivity contribution in [2.24, 2.45) is 5.73 Å². The Morgan fingerprint density at radius 1 is 1.36 bits per heavy atom. The van der Waals surface area contributed by atoms with Crippen molar-refractivity contribution in [3.8, 4) is 0 Å². The molecule has 0 radical (unpaired) electrons. The summed E-state index contributed by atoms with van der Waals surface area (Å²) in [6.07, 6.45) is 4.00. The Bertz CT molecular complexity index is 775. The Kier molecular flexibility index (Phi) is 5.69. The van der Waals surface area contributed by atoms with E-state index in [2.05, 4.69) is 36.4 Å². The minimum absolute atomic E-state index is 0.178. The molecule has 0 unspecified atom stereocenters. The maximum absolute atomic E-state index is 12.1. The van der Waals surface area contributed by atoms with Crippen LogP contribution < -0.4 is 11.1 Å². The predicted octanol–water partition coefficient (Wildman–Crippen LogP) is 1.92. The van der Waals surface area contributed by atoms with Crippen molar-refractivity contribution >= 4 is 45.3 Å². The lowest BCUT2D eigenvalue weighted by Gasteiger charge is -2.08. The number of nitrogens with one attached hydrogen (secondary N) is 1. The fourth-order valence-corrected chi connectivity index (χ4v) is 3.25. The summed E-state index contributed by atoms with van der Waals surface area (Å²) in [6, 6.07) is 3.52. The van der Waals surface area contributed by atoms with Crippen molar-refractivity contribution in [2.45, 2.75) is 36.9 Å². The summed E-state index contributed by atoms with van der Waals surface area (Å²) in [5.41, 5.74) is 5.25. The first-order valence-corrected chi connectivity index (χ1v) is 9.56. The number of nitrogens with two attached hydrogens (primary N) is 1. The molecule has 3 N–H and O–H groups in total. The molecule has 0 bridgehead atoms. The highest BCUT2D eigenvalue weighted by Gasteiger charge is 2.30. The monoisotopic (exact) mass is 424 g/mol. The molecule has 1 saturated carbocycles. The quantitative estimate of drug-likeness (QED) is 0.625. The van der Waals surface area contributed by atoms with E-state index in [-0.39, 0.29) is 24.0 Å². The number of pyridine rings is 1. The van der Waals surface area contributed by atoms with Crippen molar-refractivity contribution in [2.75, 3.05) is 11.1 Å². The topological polar surface area (TPSA) is 116 Å². The molecule has 2 amide bonds. The van der Waals surface area contributed by atoms with E-state index in [1.165, 1.54) is 11.8 Å². The molecule has 10 heteroatoms. The van der Waals surface area contributed by atoms with E-state index < -0.39 is 0 Å². The summed E-state index contributed by atoms with van der Waals surface area (Å²) < 4.78 is 2.74. The van der Waals surface area contributed by atoms with Crippen LogP contribution in [0.15, 0.2) is 28.0 Å². The number of anilines is 1. The van der Waals surface area contributed by atoms with Crippen LogP contribution in [0.5, 0.6) is 0 Å². The van der Waals surface area contributed by atoms with Gasteiger partial charge in [0.15, 0.2) is 5.16 Å². The third-order valence-electron chi connectivity index (χ3n) is 3.60. The number of hydrogen-bond acceptors (Lipinski definition) is 6. The zero-order chi connectivity index (χ0) is 17.8. The molecule has 1 aliphatic rings. The predicted molar refractivity (Wildman–Crippen MR) is 97.1 cm³/mol. The molecule has 132 valence electrons. The van der Waals surface area contributed by atoms with Crippen LogP contribution in [-0.4, -0.2) is 37.3 Å². The molecule has 0 atom stereocenters. The number of carbonyl (C=O) groups is 2. The molecule has 2 aromatic rings. The van der Waals surface area contributed by atoms with E-state index in [1.54, 1.807) is 18.3 Å². The maximum Gasteiger partial charge on any atom is 0.236 e. The van der Waals surface area contributed by atoms with Gasteiger partial charge in [-0.05, 0) is 40.9 Å². The number of carbonyl (C=O) groups excluding carboxylic acids is 2. The van der Waals surface area contributed by atoms with Crippen molar-refractivity contribution in [3.05, 3.63) is 28.6 Å². The second-order valence-electron chi connectivity index (χ2n) is 5.68. The molecule has 0 aliphatic heterocycles. The van der Waals surface area contributed by atoms with Gasteiger partial charge in [-0.15, -0.1) is 10.2 Å². The Labute approximate surface area is 157 Å². The third kappa shape index (κ3) is 5.02. The van der Waals surface area contributed by atoms with Gasteiger partial charge in [0.1, 0.15) is 11.6 Å². The van der Waals surface area contributed by atoms with E-state index >= 15 is 0 Å². The van der Waals surface area contributed by atoms with Crippen molar-refractivity contribution in [3.63, 3.8) is 0 Å². The first-order chi connectivity index (χ1) is 12.0.